The lowest BCUT2D eigenvalue weighted by molar-refractivity contribution is 0.0266. The average Bonchev–Trinajstić information content (AvgIpc) is 2.50. The highest BCUT2D eigenvalue weighted by atomic mass is 16.5. The second-order valence-electron chi connectivity index (χ2n) is 5.80. The maximum atomic E-state index is 12.5. The van der Waals surface area contributed by atoms with Gasteiger partial charge in [-0.1, -0.05) is 0 Å². The van der Waals surface area contributed by atoms with Gasteiger partial charge in [0.2, 0.25) is 0 Å². The molecule has 122 valence electrons. The van der Waals surface area contributed by atoms with Crippen molar-refractivity contribution in [3.8, 4) is 0 Å². The zero-order valence-corrected chi connectivity index (χ0v) is 13.4. The summed E-state index contributed by atoms with van der Waals surface area (Å²) in [6.07, 6.45) is 0.987. The number of rotatable bonds is 5. The Kier molecular flexibility index (Phi) is 5.68. The van der Waals surface area contributed by atoms with E-state index in [9.17, 15) is 9.59 Å². The summed E-state index contributed by atoms with van der Waals surface area (Å²) in [4.78, 5) is 27.7. The number of H-pyrrole nitrogens is 1. The first-order valence-electron chi connectivity index (χ1n) is 7.62. The molecule has 22 heavy (non-hydrogen) atoms. The van der Waals surface area contributed by atoms with Crippen LogP contribution in [0.25, 0.3) is 0 Å². The third-order valence-electron chi connectivity index (χ3n) is 4.05. The zero-order chi connectivity index (χ0) is 16.1. The summed E-state index contributed by atoms with van der Waals surface area (Å²) in [6.45, 7) is 7.30. The molecular formula is C15H24N4O3. The minimum absolute atomic E-state index is 0.133. The molecule has 0 saturated carbocycles. The van der Waals surface area contributed by atoms with Crippen molar-refractivity contribution in [2.24, 2.45) is 0 Å². The van der Waals surface area contributed by atoms with E-state index in [2.05, 4.69) is 28.9 Å². The third kappa shape index (κ3) is 3.92. The van der Waals surface area contributed by atoms with Gasteiger partial charge in [0.05, 0.1) is 0 Å². The molecule has 1 N–H and O–H groups in total. The fourth-order valence-corrected chi connectivity index (χ4v) is 2.98. The van der Waals surface area contributed by atoms with Gasteiger partial charge in [-0.05, 0) is 26.3 Å². The Bertz CT molecular complexity index is 527. The summed E-state index contributed by atoms with van der Waals surface area (Å²) in [6, 6.07) is 3.37. The van der Waals surface area contributed by atoms with Crippen LogP contribution in [0.1, 0.15) is 30.8 Å². The molecular weight excluding hydrogens is 284 g/mol. The molecule has 2 heterocycles. The highest BCUT2D eigenvalue weighted by molar-refractivity contribution is 5.92. The molecule has 7 nitrogen and oxygen atoms in total. The zero-order valence-electron chi connectivity index (χ0n) is 13.4. The van der Waals surface area contributed by atoms with Gasteiger partial charge in [-0.3, -0.25) is 14.5 Å². The van der Waals surface area contributed by atoms with Crippen LogP contribution in [0, 0.1) is 0 Å². The van der Waals surface area contributed by atoms with Crippen molar-refractivity contribution < 1.29 is 9.53 Å². The molecule has 0 spiro atoms. The van der Waals surface area contributed by atoms with Gasteiger partial charge in [-0.15, -0.1) is 0 Å². The van der Waals surface area contributed by atoms with E-state index in [1.165, 1.54) is 12.1 Å². The number of nitrogens with zero attached hydrogens (tertiary/aromatic N) is 3. The number of nitrogens with one attached hydrogen (secondary N) is 1. The molecule has 1 saturated heterocycles. The van der Waals surface area contributed by atoms with Crippen LogP contribution >= 0.6 is 0 Å². The Labute approximate surface area is 130 Å². The molecule has 0 aromatic carbocycles. The summed E-state index contributed by atoms with van der Waals surface area (Å²) >= 11 is 0. The number of hydrogen-bond donors (Lipinski definition) is 1. The smallest absolute Gasteiger partial charge is 0.274 e. The molecule has 1 aromatic rings. The van der Waals surface area contributed by atoms with E-state index < -0.39 is 0 Å². The molecule has 0 aliphatic carbocycles. The van der Waals surface area contributed by atoms with E-state index in [1.54, 1.807) is 7.11 Å². The number of carbonyl (C=O) groups is 1. The van der Waals surface area contributed by atoms with E-state index >= 15 is 0 Å². The summed E-state index contributed by atoms with van der Waals surface area (Å²) in [5, 5.41) is 6.13. The van der Waals surface area contributed by atoms with Gasteiger partial charge < -0.3 is 9.64 Å². The van der Waals surface area contributed by atoms with Crippen molar-refractivity contribution in [1.82, 2.24) is 20.0 Å². The fraction of sp³-hybridized carbons (Fsp3) is 0.667. The van der Waals surface area contributed by atoms with Gasteiger partial charge >= 0.3 is 0 Å². The molecule has 7 heteroatoms. The third-order valence-corrected chi connectivity index (χ3v) is 4.05. The molecule has 2 atom stereocenters. The lowest BCUT2D eigenvalue weighted by atomic mass is 10.1. The molecule has 1 aliphatic heterocycles. The van der Waals surface area contributed by atoms with Crippen LogP contribution in [0.3, 0.4) is 0 Å². The van der Waals surface area contributed by atoms with Crippen LogP contribution in [0.15, 0.2) is 16.9 Å². The summed E-state index contributed by atoms with van der Waals surface area (Å²) in [5.74, 6) is -0.133. The molecule has 1 fully saturated rings. The van der Waals surface area contributed by atoms with Crippen molar-refractivity contribution in [3.63, 3.8) is 0 Å². The minimum Gasteiger partial charge on any atom is -0.385 e. The number of aromatic nitrogens is 2. The Morgan fingerprint density at radius 2 is 2.05 bits per heavy atom. The highest BCUT2D eigenvalue weighted by Gasteiger charge is 2.32. The van der Waals surface area contributed by atoms with E-state index in [1.807, 2.05) is 4.90 Å². The minimum atomic E-state index is -0.304. The SMILES string of the molecule is COCCCN1C(C)CN(C(=O)c2ccc(=O)[nH]n2)CC1C. The van der Waals surface area contributed by atoms with E-state index in [-0.39, 0.29) is 29.2 Å². The number of ether oxygens (including phenoxy) is 1. The second kappa shape index (κ2) is 7.51. The maximum absolute atomic E-state index is 12.5. The number of amides is 1. The van der Waals surface area contributed by atoms with E-state index in [0.29, 0.717) is 13.1 Å². The monoisotopic (exact) mass is 308 g/mol. The first kappa shape index (κ1) is 16.6. The predicted octanol–water partition coefficient (Wildman–Crippen LogP) is 0.341. The van der Waals surface area contributed by atoms with Gasteiger partial charge in [-0.2, -0.15) is 5.10 Å². The number of carbonyl (C=O) groups excluding carboxylic acids is 1. The first-order chi connectivity index (χ1) is 10.5. The highest BCUT2D eigenvalue weighted by Crippen LogP contribution is 2.17. The van der Waals surface area contributed by atoms with Crippen molar-refractivity contribution >= 4 is 5.91 Å². The van der Waals surface area contributed by atoms with E-state index in [4.69, 9.17) is 4.74 Å². The largest absolute Gasteiger partial charge is 0.385 e. The molecule has 1 aliphatic rings. The van der Waals surface area contributed by atoms with Crippen LogP contribution in [0.4, 0.5) is 0 Å². The van der Waals surface area contributed by atoms with Crippen molar-refractivity contribution in [3.05, 3.63) is 28.2 Å². The van der Waals surface area contributed by atoms with Crippen molar-refractivity contribution in [1.29, 1.82) is 0 Å². The van der Waals surface area contributed by atoms with Gasteiger partial charge in [0.1, 0.15) is 5.69 Å². The van der Waals surface area contributed by atoms with E-state index in [0.717, 1.165) is 19.6 Å². The average molecular weight is 308 g/mol. The topological polar surface area (TPSA) is 78.5 Å². The van der Waals surface area contributed by atoms with Crippen LogP contribution in [0.2, 0.25) is 0 Å². The molecule has 1 aromatic heterocycles. The Hall–Kier alpha value is -1.73. The maximum Gasteiger partial charge on any atom is 0.274 e. The normalized spacial score (nSPS) is 22.8. The van der Waals surface area contributed by atoms with Gasteiger partial charge in [0.15, 0.2) is 0 Å². The van der Waals surface area contributed by atoms with Crippen molar-refractivity contribution in [2.75, 3.05) is 33.4 Å². The Morgan fingerprint density at radius 1 is 1.36 bits per heavy atom. The molecule has 2 unspecified atom stereocenters. The van der Waals surface area contributed by atoms with Gasteiger partial charge in [-0.25, -0.2) is 5.10 Å². The Balaban J connectivity index is 1.99. The summed E-state index contributed by atoms with van der Waals surface area (Å²) < 4.78 is 5.10. The van der Waals surface area contributed by atoms with Gasteiger partial charge in [0.25, 0.3) is 11.5 Å². The van der Waals surface area contributed by atoms with Crippen molar-refractivity contribution in [2.45, 2.75) is 32.4 Å². The van der Waals surface area contributed by atoms with Gasteiger partial charge in [0, 0.05) is 51.5 Å². The standard InChI is InChI=1S/C15H24N4O3/c1-11-9-18(10-12(2)19(11)7-4-8-22-3)15(21)13-5-6-14(20)17-16-13/h5-6,11-12H,4,7-10H2,1-3H3,(H,17,20). The number of piperazine rings is 1. The molecule has 0 bridgehead atoms. The Morgan fingerprint density at radius 3 is 2.59 bits per heavy atom. The summed E-state index contributed by atoms with van der Waals surface area (Å²) in [7, 11) is 1.71. The number of hydrogen-bond acceptors (Lipinski definition) is 5. The quantitative estimate of drug-likeness (QED) is 0.794. The lowest BCUT2D eigenvalue weighted by Gasteiger charge is -2.44. The van der Waals surface area contributed by atoms with Crippen LogP contribution < -0.4 is 5.56 Å². The number of aromatic amines is 1. The van der Waals surface area contributed by atoms with Crippen LogP contribution in [-0.4, -0.2) is 71.3 Å². The van der Waals surface area contributed by atoms with Crippen LogP contribution in [0.5, 0.6) is 0 Å². The molecule has 2 rings (SSSR count). The fourth-order valence-electron chi connectivity index (χ4n) is 2.98. The van der Waals surface area contributed by atoms with Crippen LogP contribution in [-0.2, 0) is 4.74 Å². The summed E-state index contributed by atoms with van der Waals surface area (Å²) in [5.41, 5.74) is -0.0203. The lowest BCUT2D eigenvalue weighted by Crippen LogP contribution is -2.58. The number of methoxy groups -OCH3 is 1. The first-order valence-corrected chi connectivity index (χ1v) is 7.62. The predicted molar refractivity (Wildman–Crippen MR) is 82.9 cm³/mol. The molecule has 0 radical (unpaired) electrons. The molecule has 1 amide bonds. The second-order valence-corrected chi connectivity index (χ2v) is 5.80.